The SMILES string of the molecule is C=NNC=NCc1ccc2n[nH]c(C3C=C(C(C)CC)C=CC3)c2c1. The molecule has 0 radical (unpaired) electrons. The van der Waals surface area contributed by atoms with Crippen molar-refractivity contribution in [2.45, 2.75) is 39.2 Å². The van der Waals surface area contributed by atoms with E-state index in [0.29, 0.717) is 18.4 Å². The first kappa shape index (κ1) is 17.1. The van der Waals surface area contributed by atoms with Gasteiger partial charge in [0, 0.05) is 18.0 Å². The Hall–Kier alpha value is -2.69. The van der Waals surface area contributed by atoms with Gasteiger partial charge in [0.1, 0.15) is 6.34 Å². The van der Waals surface area contributed by atoms with Crippen LogP contribution in [0.25, 0.3) is 10.9 Å². The Balaban J connectivity index is 1.87. The van der Waals surface area contributed by atoms with Crippen LogP contribution < -0.4 is 5.43 Å². The Morgan fingerprint density at radius 2 is 2.36 bits per heavy atom. The zero-order chi connectivity index (χ0) is 17.6. The van der Waals surface area contributed by atoms with Crippen LogP contribution in [0.15, 0.2) is 52.1 Å². The molecular weight excluding hydrogens is 310 g/mol. The fraction of sp³-hybridized carbons (Fsp3) is 0.350. The van der Waals surface area contributed by atoms with Crippen LogP contribution in [0.4, 0.5) is 0 Å². The van der Waals surface area contributed by atoms with E-state index in [1.54, 1.807) is 6.34 Å². The van der Waals surface area contributed by atoms with Crippen molar-refractivity contribution < 1.29 is 0 Å². The van der Waals surface area contributed by atoms with Crippen LogP contribution in [-0.2, 0) is 6.54 Å². The standard InChI is InChI=1S/C20H25N5/c1-4-14(2)16-6-5-7-17(11-16)20-18-10-15(12-22-13-23-21-3)8-9-19(18)24-25-20/h5-6,8-11,13-14,17H,3-4,7,12H2,1-2H3,(H,22,23)(H,24,25). The number of aromatic nitrogens is 2. The van der Waals surface area contributed by atoms with E-state index in [-0.39, 0.29) is 0 Å². The van der Waals surface area contributed by atoms with Crippen LogP contribution in [0.2, 0.25) is 0 Å². The quantitative estimate of drug-likeness (QED) is 0.450. The summed E-state index contributed by atoms with van der Waals surface area (Å²) in [6.07, 6.45) is 10.7. The molecule has 0 aliphatic heterocycles. The molecule has 2 N–H and O–H groups in total. The lowest BCUT2D eigenvalue weighted by Crippen LogP contribution is -2.05. The monoisotopic (exact) mass is 335 g/mol. The summed E-state index contributed by atoms with van der Waals surface area (Å²) in [6, 6.07) is 6.30. The number of H-pyrrole nitrogens is 1. The van der Waals surface area contributed by atoms with Gasteiger partial charge in [-0.1, -0.05) is 38.1 Å². The van der Waals surface area contributed by atoms with Gasteiger partial charge in [0.2, 0.25) is 0 Å². The molecule has 2 unspecified atom stereocenters. The number of aromatic amines is 1. The average molecular weight is 335 g/mol. The van der Waals surface area contributed by atoms with Gasteiger partial charge in [-0.05, 0) is 42.0 Å². The number of nitrogens with one attached hydrogen (secondary N) is 2. The fourth-order valence-corrected chi connectivity index (χ4v) is 3.16. The van der Waals surface area contributed by atoms with E-state index >= 15 is 0 Å². The Morgan fingerprint density at radius 3 is 3.16 bits per heavy atom. The Kier molecular flexibility index (Phi) is 5.43. The maximum absolute atomic E-state index is 4.48. The first-order chi connectivity index (χ1) is 12.2. The molecule has 130 valence electrons. The third kappa shape index (κ3) is 3.87. The molecule has 0 spiro atoms. The van der Waals surface area contributed by atoms with Gasteiger partial charge in [0.15, 0.2) is 0 Å². The number of allylic oxidation sites excluding steroid dienone is 4. The molecule has 1 heterocycles. The highest BCUT2D eigenvalue weighted by Gasteiger charge is 2.18. The second kappa shape index (κ2) is 7.92. The summed E-state index contributed by atoms with van der Waals surface area (Å²) in [4.78, 5) is 4.29. The zero-order valence-electron chi connectivity index (χ0n) is 14.9. The predicted octanol–water partition coefficient (Wildman–Crippen LogP) is 4.31. The van der Waals surface area contributed by atoms with Gasteiger partial charge in [0.25, 0.3) is 0 Å². The van der Waals surface area contributed by atoms with Crippen molar-refractivity contribution in [1.29, 1.82) is 0 Å². The lowest BCUT2D eigenvalue weighted by atomic mass is 9.86. The lowest BCUT2D eigenvalue weighted by molar-refractivity contribution is 0.652. The van der Waals surface area contributed by atoms with Crippen molar-refractivity contribution in [3.8, 4) is 0 Å². The molecule has 0 saturated carbocycles. The molecule has 1 aromatic carbocycles. The maximum Gasteiger partial charge on any atom is 0.103 e. The summed E-state index contributed by atoms with van der Waals surface area (Å²) in [5.74, 6) is 0.938. The van der Waals surface area contributed by atoms with E-state index in [1.807, 2.05) is 0 Å². The molecule has 1 aliphatic carbocycles. The summed E-state index contributed by atoms with van der Waals surface area (Å²) < 4.78 is 0. The van der Waals surface area contributed by atoms with E-state index < -0.39 is 0 Å². The van der Waals surface area contributed by atoms with Gasteiger partial charge >= 0.3 is 0 Å². The molecule has 5 heteroatoms. The summed E-state index contributed by atoms with van der Waals surface area (Å²) in [5.41, 5.74) is 7.39. The number of rotatable bonds is 7. The third-order valence-corrected chi connectivity index (χ3v) is 4.81. The topological polar surface area (TPSA) is 65.4 Å². The Bertz CT molecular complexity index is 828. The van der Waals surface area contributed by atoms with E-state index in [0.717, 1.165) is 23.9 Å². The largest absolute Gasteiger partial charge is 0.281 e. The molecule has 1 aliphatic rings. The van der Waals surface area contributed by atoms with Gasteiger partial charge < -0.3 is 0 Å². The number of hydrogen-bond donors (Lipinski definition) is 2. The van der Waals surface area contributed by atoms with Crippen LogP contribution in [0.3, 0.4) is 0 Å². The molecule has 1 aromatic heterocycles. The summed E-state index contributed by atoms with van der Waals surface area (Å²) in [7, 11) is 0. The summed E-state index contributed by atoms with van der Waals surface area (Å²) in [6.45, 7) is 8.47. The molecular formula is C20H25N5. The van der Waals surface area contributed by atoms with E-state index in [4.69, 9.17) is 0 Å². The van der Waals surface area contributed by atoms with Gasteiger partial charge in [0.05, 0.1) is 17.8 Å². The van der Waals surface area contributed by atoms with Gasteiger partial charge in [-0.15, -0.1) is 0 Å². The Labute approximate surface area is 148 Å². The maximum atomic E-state index is 4.48. The minimum atomic E-state index is 0.351. The first-order valence-electron chi connectivity index (χ1n) is 8.77. The van der Waals surface area contributed by atoms with Crippen molar-refractivity contribution in [2.24, 2.45) is 16.0 Å². The number of aliphatic imine (C=N–C) groups is 1. The highest BCUT2D eigenvalue weighted by atomic mass is 15.3. The fourth-order valence-electron chi connectivity index (χ4n) is 3.16. The molecule has 0 amide bonds. The van der Waals surface area contributed by atoms with Gasteiger partial charge in [-0.2, -0.15) is 10.2 Å². The van der Waals surface area contributed by atoms with Crippen molar-refractivity contribution in [3.63, 3.8) is 0 Å². The van der Waals surface area contributed by atoms with Crippen LogP contribution >= 0.6 is 0 Å². The second-order valence-electron chi connectivity index (χ2n) is 6.47. The highest BCUT2D eigenvalue weighted by Crippen LogP contribution is 2.33. The summed E-state index contributed by atoms with van der Waals surface area (Å²) in [5, 5.41) is 12.5. The minimum absolute atomic E-state index is 0.351. The zero-order valence-corrected chi connectivity index (χ0v) is 14.9. The number of hydrazone groups is 1. The predicted molar refractivity (Wildman–Crippen MR) is 105 cm³/mol. The van der Waals surface area contributed by atoms with Crippen molar-refractivity contribution in [2.75, 3.05) is 0 Å². The lowest BCUT2D eigenvalue weighted by Gasteiger charge is -2.19. The molecule has 3 rings (SSSR count). The Morgan fingerprint density at radius 1 is 1.48 bits per heavy atom. The van der Waals surface area contributed by atoms with Gasteiger partial charge in [-0.25, -0.2) is 0 Å². The average Bonchev–Trinajstić information content (AvgIpc) is 3.08. The number of hydrogen-bond acceptors (Lipinski definition) is 3. The van der Waals surface area contributed by atoms with E-state index in [1.165, 1.54) is 16.7 Å². The van der Waals surface area contributed by atoms with Crippen LogP contribution in [0.5, 0.6) is 0 Å². The van der Waals surface area contributed by atoms with Crippen LogP contribution in [0.1, 0.15) is 43.9 Å². The van der Waals surface area contributed by atoms with Crippen molar-refractivity contribution in [1.82, 2.24) is 15.6 Å². The highest BCUT2D eigenvalue weighted by molar-refractivity contribution is 5.83. The molecule has 2 atom stereocenters. The van der Waals surface area contributed by atoms with Crippen LogP contribution in [-0.4, -0.2) is 23.3 Å². The molecule has 5 nitrogen and oxygen atoms in total. The molecule has 25 heavy (non-hydrogen) atoms. The first-order valence-corrected chi connectivity index (χ1v) is 8.77. The second-order valence-corrected chi connectivity index (χ2v) is 6.47. The van der Waals surface area contributed by atoms with E-state index in [2.05, 4.69) is 82.7 Å². The molecule has 0 bridgehead atoms. The molecule has 0 fully saturated rings. The number of fused-ring (bicyclic) bond motifs is 1. The third-order valence-electron chi connectivity index (χ3n) is 4.81. The molecule has 2 aromatic rings. The van der Waals surface area contributed by atoms with E-state index in [9.17, 15) is 0 Å². The van der Waals surface area contributed by atoms with Gasteiger partial charge in [-0.3, -0.25) is 15.5 Å². The van der Waals surface area contributed by atoms with Crippen LogP contribution in [0, 0.1) is 5.92 Å². The van der Waals surface area contributed by atoms with Crippen molar-refractivity contribution >= 4 is 24.0 Å². The smallest absolute Gasteiger partial charge is 0.103 e. The number of benzene rings is 1. The van der Waals surface area contributed by atoms with Crippen molar-refractivity contribution in [3.05, 3.63) is 53.3 Å². The number of nitrogens with zero attached hydrogens (tertiary/aromatic N) is 3. The normalized spacial score (nSPS) is 18.5. The summed E-state index contributed by atoms with van der Waals surface area (Å²) >= 11 is 0. The molecule has 0 saturated heterocycles. The minimum Gasteiger partial charge on any atom is -0.281 e.